The van der Waals surface area contributed by atoms with Crippen LogP contribution >= 0.6 is 0 Å². The Balaban J connectivity index is 1.62. The predicted octanol–water partition coefficient (Wildman–Crippen LogP) is 9.63. The molecule has 3 nitrogen and oxygen atoms in total. The third-order valence-electron chi connectivity index (χ3n) is 6.72. The molecule has 36 heavy (non-hydrogen) atoms. The lowest BCUT2D eigenvalue weighted by atomic mass is 10.1. The van der Waals surface area contributed by atoms with Gasteiger partial charge in [0.1, 0.15) is 24.7 Å². The van der Waals surface area contributed by atoms with Crippen LogP contribution in [0.1, 0.15) is 116 Å². The minimum Gasteiger partial charge on any atom is -0.491 e. The summed E-state index contributed by atoms with van der Waals surface area (Å²) in [6.07, 6.45) is 18.7. The zero-order chi connectivity index (χ0) is 25.8. The van der Waals surface area contributed by atoms with Gasteiger partial charge in [-0.05, 0) is 68.4 Å². The highest BCUT2D eigenvalue weighted by molar-refractivity contribution is 5.55. The predicted molar refractivity (Wildman–Crippen MR) is 147 cm³/mol. The van der Waals surface area contributed by atoms with Gasteiger partial charge < -0.3 is 4.74 Å². The number of aryl methyl sites for hydroxylation is 1. The summed E-state index contributed by atoms with van der Waals surface area (Å²) >= 11 is 0. The number of halogens is 2. The van der Waals surface area contributed by atoms with Crippen LogP contribution in [0.2, 0.25) is 0 Å². The fraction of sp³-hybridized carbons (Fsp3) is 0.677. The minimum atomic E-state index is -1.08. The van der Waals surface area contributed by atoms with Crippen LogP contribution in [-0.4, -0.2) is 28.9 Å². The van der Waals surface area contributed by atoms with E-state index in [0.29, 0.717) is 37.3 Å². The van der Waals surface area contributed by atoms with Crippen molar-refractivity contribution in [2.75, 3.05) is 6.61 Å². The monoisotopic (exact) mass is 502 g/mol. The molecule has 0 aliphatic carbocycles. The molecule has 0 spiro atoms. The van der Waals surface area contributed by atoms with E-state index in [1.54, 1.807) is 0 Å². The van der Waals surface area contributed by atoms with Crippen molar-refractivity contribution in [1.82, 2.24) is 9.97 Å². The summed E-state index contributed by atoms with van der Waals surface area (Å²) in [7, 11) is 0. The SMILES string of the molecule is CCCCCCCCCCCc1cnc(-c2ccc(OCC(F)CCCC(F)CCCC)cc2)nc1. The Morgan fingerprint density at radius 3 is 1.86 bits per heavy atom. The number of unbranched alkanes of at least 4 members (excludes halogenated alkanes) is 9. The number of aromatic nitrogens is 2. The third-order valence-corrected chi connectivity index (χ3v) is 6.72. The topological polar surface area (TPSA) is 35.0 Å². The van der Waals surface area contributed by atoms with Gasteiger partial charge in [-0.25, -0.2) is 18.7 Å². The van der Waals surface area contributed by atoms with Gasteiger partial charge >= 0.3 is 0 Å². The van der Waals surface area contributed by atoms with Gasteiger partial charge in [-0.2, -0.15) is 0 Å². The highest BCUT2D eigenvalue weighted by Crippen LogP contribution is 2.21. The number of benzene rings is 1. The first-order chi connectivity index (χ1) is 17.6. The number of hydrogen-bond acceptors (Lipinski definition) is 3. The van der Waals surface area contributed by atoms with Gasteiger partial charge in [0.15, 0.2) is 5.82 Å². The number of rotatable bonds is 21. The van der Waals surface area contributed by atoms with Crippen molar-refractivity contribution in [3.63, 3.8) is 0 Å². The summed E-state index contributed by atoms with van der Waals surface area (Å²) in [6, 6.07) is 7.45. The first-order valence-corrected chi connectivity index (χ1v) is 14.4. The smallest absolute Gasteiger partial charge is 0.159 e. The van der Waals surface area contributed by atoms with Crippen molar-refractivity contribution < 1.29 is 13.5 Å². The molecule has 0 N–H and O–H groups in total. The summed E-state index contributed by atoms with van der Waals surface area (Å²) in [5, 5.41) is 0. The van der Waals surface area contributed by atoms with Crippen LogP contribution in [0.25, 0.3) is 11.4 Å². The molecule has 2 unspecified atom stereocenters. The van der Waals surface area contributed by atoms with E-state index in [0.717, 1.165) is 24.8 Å². The minimum absolute atomic E-state index is 0.00465. The number of ether oxygens (including phenoxy) is 1. The standard InChI is InChI=1S/C31H48F2N2O/c1-3-5-7-8-9-10-11-12-13-15-26-23-34-31(35-24-26)27-19-21-30(22-20-27)36-25-29(33)18-14-17-28(32)16-6-4-2/h19-24,28-29H,3-18,25H2,1-2H3. The summed E-state index contributed by atoms with van der Waals surface area (Å²) in [5.74, 6) is 1.30. The van der Waals surface area contributed by atoms with Crippen LogP contribution in [0.4, 0.5) is 8.78 Å². The van der Waals surface area contributed by atoms with Crippen LogP contribution in [0, 0.1) is 0 Å². The van der Waals surface area contributed by atoms with E-state index in [9.17, 15) is 8.78 Å². The normalized spacial score (nSPS) is 13.0. The fourth-order valence-electron chi connectivity index (χ4n) is 4.37. The van der Waals surface area contributed by atoms with Crippen molar-refractivity contribution in [3.8, 4) is 17.1 Å². The van der Waals surface area contributed by atoms with Gasteiger partial charge in [-0.1, -0.05) is 78.1 Å². The largest absolute Gasteiger partial charge is 0.491 e. The number of alkyl halides is 2. The molecular formula is C31H48F2N2O. The summed E-state index contributed by atoms with van der Waals surface area (Å²) in [6.45, 7) is 4.31. The highest BCUT2D eigenvalue weighted by Gasteiger charge is 2.11. The summed E-state index contributed by atoms with van der Waals surface area (Å²) in [5.41, 5.74) is 2.09. The van der Waals surface area contributed by atoms with Crippen molar-refractivity contribution >= 4 is 0 Å². The molecule has 0 aliphatic rings. The van der Waals surface area contributed by atoms with Gasteiger partial charge in [0.2, 0.25) is 0 Å². The lowest BCUT2D eigenvalue weighted by Crippen LogP contribution is -2.13. The number of hydrogen-bond donors (Lipinski definition) is 0. The van der Waals surface area contributed by atoms with Crippen molar-refractivity contribution in [2.24, 2.45) is 0 Å². The van der Waals surface area contributed by atoms with Crippen molar-refractivity contribution in [1.29, 1.82) is 0 Å². The molecule has 2 aromatic rings. The summed E-state index contributed by atoms with van der Waals surface area (Å²) < 4.78 is 33.4. The first kappa shape index (κ1) is 30.2. The Labute approximate surface area is 218 Å². The quantitative estimate of drug-likeness (QED) is 0.159. The van der Waals surface area contributed by atoms with Crippen LogP contribution in [-0.2, 0) is 6.42 Å². The van der Waals surface area contributed by atoms with Crippen LogP contribution in [0.3, 0.4) is 0 Å². The van der Waals surface area contributed by atoms with E-state index in [2.05, 4.69) is 23.8 Å². The van der Waals surface area contributed by atoms with E-state index in [1.165, 1.54) is 63.4 Å². The Morgan fingerprint density at radius 2 is 1.22 bits per heavy atom. The van der Waals surface area contributed by atoms with E-state index in [4.69, 9.17) is 4.74 Å². The average molecular weight is 503 g/mol. The molecule has 2 rings (SSSR count). The van der Waals surface area contributed by atoms with Crippen LogP contribution in [0.15, 0.2) is 36.7 Å². The second-order valence-corrected chi connectivity index (χ2v) is 10.1. The van der Waals surface area contributed by atoms with Gasteiger partial charge in [0, 0.05) is 18.0 Å². The molecule has 1 aromatic carbocycles. The van der Waals surface area contributed by atoms with Gasteiger partial charge in [0.05, 0.1) is 0 Å². The average Bonchev–Trinajstić information content (AvgIpc) is 2.90. The third kappa shape index (κ3) is 13.3. The molecule has 1 aromatic heterocycles. The molecule has 2 atom stereocenters. The molecule has 1 heterocycles. The van der Waals surface area contributed by atoms with Crippen molar-refractivity contribution in [2.45, 2.75) is 129 Å². The molecule has 5 heteroatoms. The molecular weight excluding hydrogens is 454 g/mol. The zero-order valence-corrected chi connectivity index (χ0v) is 22.7. The second-order valence-electron chi connectivity index (χ2n) is 10.1. The Kier molecular flexibility index (Phi) is 16.0. The molecule has 0 amide bonds. The first-order valence-electron chi connectivity index (χ1n) is 14.4. The molecule has 0 fully saturated rings. The van der Waals surface area contributed by atoms with E-state index >= 15 is 0 Å². The maximum absolute atomic E-state index is 14.1. The van der Waals surface area contributed by atoms with Gasteiger partial charge in [0.25, 0.3) is 0 Å². The molecule has 0 radical (unpaired) electrons. The van der Waals surface area contributed by atoms with Gasteiger partial charge in [-0.15, -0.1) is 0 Å². The van der Waals surface area contributed by atoms with Gasteiger partial charge in [-0.3, -0.25) is 0 Å². The van der Waals surface area contributed by atoms with Crippen molar-refractivity contribution in [3.05, 3.63) is 42.2 Å². The number of nitrogens with zero attached hydrogens (tertiary/aromatic N) is 2. The molecule has 0 saturated heterocycles. The maximum atomic E-state index is 14.1. The second kappa shape index (κ2) is 19.1. The fourth-order valence-corrected chi connectivity index (χ4v) is 4.37. The lowest BCUT2D eigenvalue weighted by molar-refractivity contribution is 0.178. The molecule has 0 aliphatic heterocycles. The van der Waals surface area contributed by atoms with Crippen LogP contribution in [0.5, 0.6) is 5.75 Å². The highest BCUT2D eigenvalue weighted by atomic mass is 19.1. The Bertz CT molecular complexity index is 782. The zero-order valence-electron chi connectivity index (χ0n) is 22.7. The molecule has 0 bridgehead atoms. The van der Waals surface area contributed by atoms with E-state index < -0.39 is 12.3 Å². The lowest BCUT2D eigenvalue weighted by Gasteiger charge is -2.12. The Hall–Kier alpha value is -2.04. The van der Waals surface area contributed by atoms with Crippen LogP contribution < -0.4 is 4.74 Å². The summed E-state index contributed by atoms with van der Waals surface area (Å²) in [4.78, 5) is 9.07. The Morgan fingerprint density at radius 1 is 0.667 bits per heavy atom. The van der Waals surface area contributed by atoms with E-state index in [1.807, 2.05) is 36.7 Å². The molecule has 202 valence electrons. The van der Waals surface area contributed by atoms with E-state index in [-0.39, 0.29) is 6.61 Å². The molecule has 0 saturated carbocycles. The maximum Gasteiger partial charge on any atom is 0.159 e.